The molecule has 8 nitrogen and oxygen atoms in total. The van der Waals surface area contributed by atoms with Gasteiger partial charge < -0.3 is 30.1 Å². The summed E-state index contributed by atoms with van der Waals surface area (Å²) in [6.45, 7) is 8.38. The number of amides is 2. The largest absolute Gasteiger partial charge is 0.495 e. The van der Waals surface area contributed by atoms with E-state index in [1.807, 2.05) is 36.7 Å². The highest BCUT2D eigenvalue weighted by molar-refractivity contribution is 6.33. The SMILES string of the molecule is COc1cc2c([C@@H](C)CNC(C)=O)c[nH]c2cc1Cl.COc1cc2c([C@@H](C)CNC(C)=O)c[nH]c2cc1Cl. The molecule has 2 aromatic carbocycles. The second-order valence-electron chi connectivity index (χ2n) is 9.23. The van der Waals surface area contributed by atoms with Crippen LogP contribution >= 0.6 is 23.2 Å². The van der Waals surface area contributed by atoms with Crippen molar-refractivity contribution in [3.63, 3.8) is 0 Å². The van der Waals surface area contributed by atoms with Crippen molar-refractivity contribution in [2.75, 3.05) is 27.3 Å². The highest BCUT2D eigenvalue weighted by Gasteiger charge is 2.15. The number of rotatable bonds is 8. The Morgan fingerprint density at radius 1 is 0.763 bits per heavy atom. The molecule has 4 rings (SSSR count). The minimum absolute atomic E-state index is 0.0210. The molecule has 0 aliphatic carbocycles. The first-order valence-corrected chi connectivity index (χ1v) is 13.0. The molecule has 2 atom stereocenters. The number of nitrogens with one attached hydrogen (secondary N) is 4. The zero-order valence-electron chi connectivity index (χ0n) is 22.4. The van der Waals surface area contributed by atoms with Gasteiger partial charge in [0.1, 0.15) is 11.5 Å². The quantitative estimate of drug-likeness (QED) is 0.207. The van der Waals surface area contributed by atoms with Crippen LogP contribution in [0, 0.1) is 0 Å². The fraction of sp³-hybridized carbons (Fsp3) is 0.357. The van der Waals surface area contributed by atoms with Gasteiger partial charge in [0, 0.05) is 73.0 Å². The number of halogens is 2. The van der Waals surface area contributed by atoms with Crippen molar-refractivity contribution in [2.45, 2.75) is 39.5 Å². The lowest BCUT2D eigenvalue weighted by atomic mass is 10.0. The van der Waals surface area contributed by atoms with E-state index in [4.69, 9.17) is 32.7 Å². The molecule has 0 spiro atoms. The molecule has 38 heavy (non-hydrogen) atoms. The first-order valence-electron chi connectivity index (χ1n) is 12.2. The maximum Gasteiger partial charge on any atom is 0.216 e. The fourth-order valence-electron chi connectivity index (χ4n) is 4.23. The number of carbonyl (C=O) groups is 2. The third kappa shape index (κ3) is 6.94. The van der Waals surface area contributed by atoms with Crippen molar-refractivity contribution in [3.8, 4) is 11.5 Å². The van der Waals surface area contributed by atoms with E-state index in [2.05, 4.69) is 34.4 Å². The summed E-state index contributed by atoms with van der Waals surface area (Å²) in [5.41, 5.74) is 4.21. The van der Waals surface area contributed by atoms with Crippen molar-refractivity contribution < 1.29 is 19.1 Å². The van der Waals surface area contributed by atoms with Crippen LogP contribution in [-0.4, -0.2) is 49.1 Å². The molecule has 0 bridgehead atoms. The summed E-state index contributed by atoms with van der Waals surface area (Å²) in [7, 11) is 3.19. The summed E-state index contributed by atoms with van der Waals surface area (Å²) in [4.78, 5) is 28.3. The van der Waals surface area contributed by atoms with Gasteiger partial charge >= 0.3 is 0 Å². The topological polar surface area (TPSA) is 108 Å². The number of aromatic amines is 2. The molecule has 0 unspecified atom stereocenters. The predicted molar refractivity (Wildman–Crippen MR) is 154 cm³/mol. The molecule has 0 saturated carbocycles. The lowest BCUT2D eigenvalue weighted by Gasteiger charge is -2.11. The van der Waals surface area contributed by atoms with Gasteiger partial charge in [-0.15, -0.1) is 0 Å². The average molecular weight is 562 g/mol. The Morgan fingerprint density at radius 3 is 1.45 bits per heavy atom. The van der Waals surface area contributed by atoms with Gasteiger partial charge in [0.15, 0.2) is 0 Å². The zero-order chi connectivity index (χ0) is 28.0. The van der Waals surface area contributed by atoms with E-state index in [0.29, 0.717) is 34.6 Å². The first-order chi connectivity index (χ1) is 18.0. The number of benzene rings is 2. The van der Waals surface area contributed by atoms with E-state index in [-0.39, 0.29) is 23.7 Å². The second kappa shape index (κ2) is 12.9. The van der Waals surface area contributed by atoms with Crippen molar-refractivity contribution in [1.29, 1.82) is 0 Å². The minimum atomic E-state index is -0.0210. The summed E-state index contributed by atoms with van der Waals surface area (Å²) in [5, 5.41) is 8.96. The van der Waals surface area contributed by atoms with Gasteiger partial charge in [-0.1, -0.05) is 37.0 Å². The number of fused-ring (bicyclic) bond motifs is 2. The third-order valence-electron chi connectivity index (χ3n) is 6.35. The highest BCUT2D eigenvalue weighted by atomic mass is 35.5. The first kappa shape index (κ1) is 29.2. The molecule has 4 aromatic rings. The highest BCUT2D eigenvalue weighted by Crippen LogP contribution is 2.35. The maximum absolute atomic E-state index is 11.0. The predicted octanol–water partition coefficient (Wildman–Crippen LogP) is 6.14. The number of aromatic nitrogens is 2. The van der Waals surface area contributed by atoms with E-state index < -0.39 is 0 Å². The second-order valence-corrected chi connectivity index (χ2v) is 10.0. The van der Waals surface area contributed by atoms with Gasteiger partial charge in [-0.25, -0.2) is 0 Å². The van der Waals surface area contributed by atoms with Crippen molar-refractivity contribution in [2.24, 2.45) is 0 Å². The number of hydrogen-bond donors (Lipinski definition) is 4. The van der Waals surface area contributed by atoms with Crippen molar-refractivity contribution >= 4 is 56.8 Å². The van der Waals surface area contributed by atoms with E-state index in [0.717, 1.165) is 32.9 Å². The molecule has 2 heterocycles. The molecule has 0 fully saturated rings. The normalized spacial score (nSPS) is 12.4. The molecule has 0 saturated heterocycles. The van der Waals surface area contributed by atoms with Crippen LogP contribution in [0.4, 0.5) is 0 Å². The van der Waals surface area contributed by atoms with Crippen LogP contribution in [0.15, 0.2) is 36.7 Å². The number of H-pyrrole nitrogens is 2. The third-order valence-corrected chi connectivity index (χ3v) is 6.94. The lowest BCUT2D eigenvalue weighted by molar-refractivity contribution is -0.119. The van der Waals surface area contributed by atoms with E-state index in [1.165, 1.54) is 13.8 Å². The van der Waals surface area contributed by atoms with Crippen LogP contribution in [0.25, 0.3) is 21.8 Å². The smallest absolute Gasteiger partial charge is 0.216 e. The molecule has 0 aliphatic rings. The molecule has 4 N–H and O–H groups in total. The molecule has 2 amide bonds. The van der Waals surface area contributed by atoms with Gasteiger partial charge in [0.05, 0.1) is 24.3 Å². The molecule has 0 aliphatic heterocycles. The van der Waals surface area contributed by atoms with E-state index >= 15 is 0 Å². The Hall–Kier alpha value is -3.36. The summed E-state index contributed by atoms with van der Waals surface area (Å²) >= 11 is 12.2. The van der Waals surface area contributed by atoms with E-state index in [1.54, 1.807) is 14.2 Å². The molecule has 2 aromatic heterocycles. The van der Waals surface area contributed by atoms with Crippen molar-refractivity contribution in [1.82, 2.24) is 20.6 Å². The minimum Gasteiger partial charge on any atom is -0.495 e. The summed E-state index contributed by atoms with van der Waals surface area (Å²) in [6, 6.07) is 7.55. The van der Waals surface area contributed by atoms with Gasteiger partial charge in [-0.3, -0.25) is 9.59 Å². The summed E-state index contributed by atoms with van der Waals surface area (Å²) < 4.78 is 10.5. The zero-order valence-corrected chi connectivity index (χ0v) is 23.9. The lowest BCUT2D eigenvalue weighted by Crippen LogP contribution is -2.24. The number of ether oxygens (including phenoxy) is 2. The summed E-state index contributed by atoms with van der Waals surface area (Å²) in [5.74, 6) is 1.69. The van der Waals surface area contributed by atoms with Crippen LogP contribution in [0.2, 0.25) is 10.0 Å². The van der Waals surface area contributed by atoms with Crippen LogP contribution in [0.1, 0.15) is 50.7 Å². The number of carbonyl (C=O) groups excluding carboxylic acids is 2. The summed E-state index contributed by atoms with van der Waals surface area (Å²) in [6.07, 6.45) is 3.90. The number of methoxy groups -OCH3 is 2. The molecule has 204 valence electrons. The Balaban J connectivity index is 0.000000211. The van der Waals surface area contributed by atoms with Gasteiger partial charge in [0.25, 0.3) is 0 Å². The van der Waals surface area contributed by atoms with Crippen LogP contribution in [0.5, 0.6) is 11.5 Å². The molecule has 0 radical (unpaired) electrons. The molecule has 10 heteroatoms. The van der Waals surface area contributed by atoms with Gasteiger partial charge in [-0.2, -0.15) is 0 Å². The Bertz CT molecular complexity index is 1320. The van der Waals surface area contributed by atoms with Crippen LogP contribution in [-0.2, 0) is 9.59 Å². The van der Waals surface area contributed by atoms with Crippen molar-refractivity contribution in [3.05, 3.63) is 57.8 Å². The fourth-order valence-corrected chi connectivity index (χ4v) is 4.71. The Labute approximate surface area is 232 Å². The standard InChI is InChI=1S/2C14H17ClN2O2/c2*1-8(6-16-9(2)18)11-7-17-13-5-12(15)14(19-3)4-10(11)13/h2*4-5,7-8,17H,6H2,1-3H3,(H,16,18)/t2*8-/m00/s1. The van der Waals surface area contributed by atoms with Gasteiger partial charge in [0.2, 0.25) is 11.8 Å². The number of hydrogen-bond acceptors (Lipinski definition) is 4. The van der Waals surface area contributed by atoms with Crippen LogP contribution in [0.3, 0.4) is 0 Å². The monoisotopic (exact) mass is 560 g/mol. The van der Waals surface area contributed by atoms with Crippen LogP contribution < -0.4 is 20.1 Å². The molecular weight excluding hydrogens is 527 g/mol. The van der Waals surface area contributed by atoms with Gasteiger partial charge in [-0.05, 0) is 35.4 Å². The average Bonchev–Trinajstić information content (AvgIpc) is 3.48. The Kier molecular flexibility index (Phi) is 9.94. The molecular formula is C28H34Cl2N4O4. The maximum atomic E-state index is 11.0. The Morgan fingerprint density at radius 2 is 1.13 bits per heavy atom. The van der Waals surface area contributed by atoms with E-state index in [9.17, 15) is 9.59 Å².